The molecule has 1 aliphatic carbocycles. The van der Waals surface area contributed by atoms with E-state index in [9.17, 15) is 4.79 Å². The van der Waals surface area contributed by atoms with Crippen molar-refractivity contribution < 1.29 is 4.39 Å². The summed E-state index contributed by atoms with van der Waals surface area (Å²) in [6.07, 6.45) is 8.42. The van der Waals surface area contributed by atoms with Crippen molar-refractivity contribution in [2.45, 2.75) is 64.8 Å². The lowest BCUT2D eigenvalue weighted by Crippen LogP contribution is -2.20. The number of H-pyrrole nitrogens is 1. The number of halogens is 1. The Hall–Kier alpha value is -3.25. The van der Waals surface area contributed by atoms with Crippen LogP contribution in [-0.2, 0) is 19.3 Å². The molecule has 0 amide bonds. The van der Waals surface area contributed by atoms with E-state index in [-0.39, 0.29) is 17.5 Å². The molecule has 4 aromatic rings. The van der Waals surface area contributed by atoms with Gasteiger partial charge in [0.05, 0.1) is 11.4 Å². The van der Waals surface area contributed by atoms with Crippen molar-refractivity contribution in [3.8, 4) is 16.9 Å². The lowest BCUT2D eigenvalue weighted by Gasteiger charge is -2.22. The standard InChI is InChI=1S/C28H31FN4O/c1-17-10-12-21(13-11-17)33-16-20-15-25(31-27(20)32-28(33)34)24-14-19(7-5-6-18(2)30)22-8-3-4-9-23(22)26(24)29/h10-16,18H,3-9,30H2,1-2H3,(H,31,32,34)/t18-/m0/s1. The third-order valence-electron chi connectivity index (χ3n) is 6.89. The molecule has 5 nitrogen and oxygen atoms in total. The average molecular weight is 459 g/mol. The Balaban J connectivity index is 1.58. The van der Waals surface area contributed by atoms with Crippen molar-refractivity contribution in [1.82, 2.24) is 14.5 Å². The van der Waals surface area contributed by atoms with E-state index in [0.717, 1.165) is 67.1 Å². The van der Waals surface area contributed by atoms with Gasteiger partial charge in [0.1, 0.15) is 11.5 Å². The quantitative estimate of drug-likeness (QED) is 0.407. The molecule has 0 aliphatic heterocycles. The van der Waals surface area contributed by atoms with Gasteiger partial charge in [0.2, 0.25) is 0 Å². The molecule has 2 aromatic heterocycles. The van der Waals surface area contributed by atoms with Crippen LogP contribution in [-0.4, -0.2) is 20.6 Å². The molecule has 0 spiro atoms. The maximum Gasteiger partial charge on any atom is 0.354 e. The number of hydrogen-bond donors (Lipinski definition) is 2. The highest BCUT2D eigenvalue weighted by Gasteiger charge is 2.22. The Morgan fingerprint density at radius 3 is 2.62 bits per heavy atom. The van der Waals surface area contributed by atoms with Crippen LogP contribution >= 0.6 is 0 Å². The molecule has 1 atom stereocenters. The zero-order chi connectivity index (χ0) is 23.8. The van der Waals surface area contributed by atoms with Crippen molar-refractivity contribution in [1.29, 1.82) is 0 Å². The molecule has 34 heavy (non-hydrogen) atoms. The summed E-state index contributed by atoms with van der Waals surface area (Å²) in [7, 11) is 0. The monoisotopic (exact) mass is 458 g/mol. The summed E-state index contributed by atoms with van der Waals surface area (Å²) in [4.78, 5) is 20.1. The molecule has 1 aliphatic rings. The van der Waals surface area contributed by atoms with Gasteiger partial charge in [0, 0.05) is 23.2 Å². The fourth-order valence-electron chi connectivity index (χ4n) is 5.05. The zero-order valence-electron chi connectivity index (χ0n) is 19.8. The normalized spacial score (nSPS) is 14.4. The minimum atomic E-state index is -0.368. The van der Waals surface area contributed by atoms with Crippen molar-refractivity contribution >= 4 is 11.0 Å². The number of aryl methyl sites for hydroxylation is 2. The fraction of sp³-hybridized carbons (Fsp3) is 0.357. The van der Waals surface area contributed by atoms with E-state index in [1.165, 1.54) is 15.7 Å². The first-order valence-corrected chi connectivity index (χ1v) is 12.2. The van der Waals surface area contributed by atoms with Gasteiger partial charge >= 0.3 is 5.69 Å². The number of nitrogens with two attached hydrogens (primary N) is 1. The highest BCUT2D eigenvalue weighted by atomic mass is 19.1. The first kappa shape index (κ1) is 22.5. The molecular formula is C28H31FN4O. The van der Waals surface area contributed by atoms with Crippen LogP contribution in [0.3, 0.4) is 0 Å². The summed E-state index contributed by atoms with van der Waals surface area (Å²) in [5, 5.41) is 0.769. The Morgan fingerprint density at radius 1 is 1.15 bits per heavy atom. The lowest BCUT2D eigenvalue weighted by molar-refractivity contribution is 0.573. The molecule has 0 fully saturated rings. The average Bonchev–Trinajstić information content (AvgIpc) is 3.23. The zero-order valence-corrected chi connectivity index (χ0v) is 19.8. The summed E-state index contributed by atoms with van der Waals surface area (Å²) < 4.78 is 17.3. The van der Waals surface area contributed by atoms with Gasteiger partial charge in [0.15, 0.2) is 0 Å². The van der Waals surface area contributed by atoms with Gasteiger partial charge in [-0.05, 0) is 99.7 Å². The van der Waals surface area contributed by atoms with E-state index >= 15 is 4.39 Å². The van der Waals surface area contributed by atoms with Gasteiger partial charge in [-0.3, -0.25) is 4.57 Å². The van der Waals surface area contributed by atoms with E-state index in [4.69, 9.17) is 5.73 Å². The molecule has 0 saturated carbocycles. The molecule has 5 rings (SSSR count). The SMILES string of the molecule is Cc1ccc(-n2cc3cc(-c4cc(CCC[C@H](C)N)c5c(c4F)CCCC5)[nH]c3nc2=O)cc1. The van der Waals surface area contributed by atoms with E-state index in [2.05, 4.69) is 9.97 Å². The first-order valence-electron chi connectivity index (χ1n) is 12.2. The number of nitrogens with zero attached hydrogens (tertiary/aromatic N) is 2. The van der Waals surface area contributed by atoms with E-state index in [1.807, 2.05) is 50.2 Å². The van der Waals surface area contributed by atoms with E-state index in [1.54, 1.807) is 6.20 Å². The van der Waals surface area contributed by atoms with Crippen LogP contribution in [0.5, 0.6) is 0 Å². The summed E-state index contributed by atoms with van der Waals surface area (Å²) >= 11 is 0. The highest BCUT2D eigenvalue weighted by molar-refractivity contribution is 5.83. The minimum absolute atomic E-state index is 0.147. The summed E-state index contributed by atoms with van der Waals surface area (Å²) in [6.45, 7) is 4.03. The van der Waals surface area contributed by atoms with Gasteiger partial charge in [-0.25, -0.2) is 9.18 Å². The van der Waals surface area contributed by atoms with Crippen LogP contribution in [0.1, 0.15) is 54.9 Å². The van der Waals surface area contributed by atoms with Gasteiger partial charge in [-0.15, -0.1) is 0 Å². The number of hydrogen-bond acceptors (Lipinski definition) is 3. The summed E-state index contributed by atoms with van der Waals surface area (Å²) in [5.41, 5.74) is 12.4. The topological polar surface area (TPSA) is 76.7 Å². The molecule has 2 heterocycles. The van der Waals surface area contributed by atoms with Gasteiger partial charge in [-0.1, -0.05) is 17.7 Å². The largest absolute Gasteiger partial charge is 0.354 e. The number of nitrogens with one attached hydrogen (secondary N) is 1. The number of benzene rings is 2. The third kappa shape index (κ3) is 4.30. The molecule has 0 saturated heterocycles. The Bertz CT molecular complexity index is 1400. The number of aromatic nitrogens is 3. The molecule has 3 N–H and O–H groups in total. The Kier molecular flexibility index (Phi) is 6.09. The third-order valence-corrected chi connectivity index (χ3v) is 6.89. The second-order valence-corrected chi connectivity index (χ2v) is 9.65. The van der Waals surface area contributed by atoms with Crippen LogP contribution in [0.4, 0.5) is 4.39 Å². The van der Waals surface area contributed by atoms with Gasteiger partial charge in [0.25, 0.3) is 0 Å². The summed E-state index contributed by atoms with van der Waals surface area (Å²) in [6, 6.07) is 11.8. The van der Waals surface area contributed by atoms with Crippen molar-refractivity contribution in [3.05, 3.63) is 81.2 Å². The van der Waals surface area contributed by atoms with E-state index in [0.29, 0.717) is 16.9 Å². The Labute approximate surface area is 198 Å². The van der Waals surface area contributed by atoms with Crippen molar-refractivity contribution in [2.75, 3.05) is 0 Å². The first-order chi connectivity index (χ1) is 16.4. The second-order valence-electron chi connectivity index (χ2n) is 9.65. The van der Waals surface area contributed by atoms with Crippen LogP contribution < -0.4 is 11.4 Å². The fourth-order valence-corrected chi connectivity index (χ4v) is 5.05. The summed E-state index contributed by atoms with van der Waals surface area (Å²) in [5.74, 6) is -0.147. The maximum atomic E-state index is 15.7. The van der Waals surface area contributed by atoms with Crippen LogP contribution in [0, 0.1) is 12.7 Å². The molecule has 0 bridgehead atoms. The molecule has 6 heteroatoms. The molecule has 176 valence electrons. The van der Waals surface area contributed by atoms with Crippen LogP contribution in [0.25, 0.3) is 28.0 Å². The molecule has 2 aromatic carbocycles. The van der Waals surface area contributed by atoms with Crippen LogP contribution in [0.15, 0.2) is 47.4 Å². The Morgan fingerprint density at radius 2 is 1.88 bits per heavy atom. The smallest absolute Gasteiger partial charge is 0.339 e. The lowest BCUT2D eigenvalue weighted by atomic mass is 9.84. The van der Waals surface area contributed by atoms with E-state index < -0.39 is 0 Å². The molecular weight excluding hydrogens is 427 g/mol. The maximum absolute atomic E-state index is 15.7. The predicted octanol–water partition coefficient (Wildman–Crippen LogP) is 5.38. The highest BCUT2D eigenvalue weighted by Crippen LogP contribution is 2.35. The van der Waals surface area contributed by atoms with Gasteiger partial charge < -0.3 is 10.7 Å². The van der Waals surface area contributed by atoms with Crippen molar-refractivity contribution in [2.24, 2.45) is 5.73 Å². The second kappa shape index (κ2) is 9.18. The molecule has 0 unspecified atom stereocenters. The van der Waals surface area contributed by atoms with Gasteiger partial charge in [-0.2, -0.15) is 4.98 Å². The minimum Gasteiger partial charge on any atom is -0.339 e. The number of aromatic amines is 1. The predicted molar refractivity (Wildman–Crippen MR) is 135 cm³/mol. The number of fused-ring (bicyclic) bond motifs is 2. The number of rotatable bonds is 6. The van der Waals surface area contributed by atoms with Crippen molar-refractivity contribution in [3.63, 3.8) is 0 Å². The van der Waals surface area contributed by atoms with Crippen LogP contribution in [0.2, 0.25) is 0 Å². The molecule has 0 radical (unpaired) electrons.